The fourth-order valence-corrected chi connectivity index (χ4v) is 2.24. The second-order valence-corrected chi connectivity index (χ2v) is 4.89. The summed E-state index contributed by atoms with van der Waals surface area (Å²) in [5, 5.41) is 6.01. The molecule has 1 aliphatic rings. The third kappa shape index (κ3) is 3.50. The molecule has 1 amide bonds. The molecule has 0 bridgehead atoms. The minimum atomic E-state index is -0.395. The molecule has 0 radical (unpaired) electrons. The Labute approximate surface area is 118 Å². The van der Waals surface area contributed by atoms with Gasteiger partial charge in [0.1, 0.15) is 6.04 Å². The van der Waals surface area contributed by atoms with Gasteiger partial charge in [-0.1, -0.05) is 0 Å². The maximum Gasteiger partial charge on any atom is 0.328 e. The van der Waals surface area contributed by atoms with Crippen LogP contribution in [0.4, 0.5) is 11.4 Å². The third-order valence-corrected chi connectivity index (χ3v) is 3.25. The van der Waals surface area contributed by atoms with Crippen molar-refractivity contribution in [3.8, 4) is 0 Å². The summed E-state index contributed by atoms with van der Waals surface area (Å²) in [7, 11) is 0. The summed E-state index contributed by atoms with van der Waals surface area (Å²) in [5.41, 5.74) is 2.82. The Bertz CT molecular complexity index is 514. The summed E-state index contributed by atoms with van der Waals surface area (Å²) in [4.78, 5) is 23.1. The van der Waals surface area contributed by atoms with Crippen molar-refractivity contribution in [1.29, 1.82) is 0 Å². The summed E-state index contributed by atoms with van der Waals surface area (Å²) < 4.78 is 4.96. The van der Waals surface area contributed by atoms with Crippen LogP contribution in [0.3, 0.4) is 0 Å². The minimum Gasteiger partial charge on any atom is -0.464 e. The van der Waals surface area contributed by atoms with Gasteiger partial charge >= 0.3 is 5.97 Å². The van der Waals surface area contributed by atoms with E-state index >= 15 is 0 Å². The predicted molar refractivity (Wildman–Crippen MR) is 77.7 cm³/mol. The van der Waals surface area contributed by atoms with Crippen LogP contribution in [0.25, 0.3) is 0 Å². The molecule has 1 unspecified atom stereocenters. The van der Waals surface area contributed by atoms with E-state index in [9.17, 15) is 9.59 Å². The van der Waals surface area contributed by atoms with Crippen LogP contribution in [0.2, 0.25) is 0 Å². The molecular weight excluding hydrogens is 256 g/mol. The van der Waals surface area contributed by atoms with Crippen LogP contribution in [0.1, 0.15) is 32.3 Å². The van der Waals surface area contributed by atoms with Crippen LogP contribution in [-0.2, 0) is 20.7 Å². The smallest absolute Gasteiger partial charge is 0.328 e. The molecule has 20 heavy (non-hydrogen) atoms. The first-order valence-electron chi connectivity index (χ1n) is 6.96. The monoisotopic (exact) mass is 276 g/mol. The molecule has 1 aromatic rings. The molecule has 1 atom stereocenters. The average Bonchev–Trinajstić information content (AvgIpc) is 2.59. The number of nitrogens with one attached hydrogen (secondary N) is 2. The van der Waals surface area contributed by atoms with E-state index < -0.39 is 6.04 Å². The maximum absolute atomic E-state index is 11.6. The number of hydrogen-bond acceptors (Lipinski definition) is 4. The fourth-order valence-electron chi connectivity index (χ4n) is 2.24. The van der Waals surface area contributed by atoms with Gasteiger partial charge in [0.15, 0.2) is 0 Å². The van der Waals surface area contributed by atoms with E-state index in [1.54, 1.807) is 13.8 Å². The lowest BCUT2D eigenvalue weighted by atomic mass is 10.1. The topological polar surface area (TPSA) is 67.4 Å². The SMILES string of the molecule is CCOC(=O)C(C)Nc1ccc2c(c1)CCCC(=O)N2. The minimum absolute atomic E-state index is 0.0596. The Kier molecular flexibility index (Phi) is 4.61. The van der Waals surface area contributed by atoms with Gasteiger partial charge in [-0.25, -0.2) is 4.79 Å². The highest BCUT2D eigenvalue weighted by molar-refractivity contribution is 5.92. The summed E-state index contributed by atoms with van der Waals surface area (Å²) in [6, 6.07) is 5.32. The van der Waals surface area contributed by atoms with E-state index in [4.69, 9.17) is 4.74 Å². The van der Waals surface area contributed by atoms with Gasteiger partial charge < -0.3 is 15.4 Å². The highest BCUT2D eigenvalue weighted by Crippen LogP contribution is 2.25. The van der Waals surface area contributed by atoms with Crippen LogP contribution >= 0.6 is 0 Å². The molecule has 0 saturated carbocycles. The summed E-state index contributed by atoms with van der Waals surface area (Å²) in [5.74, 6) is -0.208. The number of ether oxygens (including phenoxy) is 1. The number of fused-ring (bicyclic) bond motifs is 1. The largest absolute Gasteiger partial charge is 0.464 e. The first-order valence-corrected chi connectivity index (χ1v) is 6.96. The first kappa shape index (κ1) is 14.4. The molecule has 1 heterocycles. The molecule has 1 aliphatic heterocycles. The lowest BCUT2D eigenvalue weighted by molar-refractivity contribution is -0.143. The van der Waals surface area contributed by atoms with Crippen LogP contribution < -0.4 is 10.6 Å². The van der Waals surface area contributed by atoms with E-state index in [2.05, 4.69) is 10.6 Å². The second kappa shape index (κ2) is 6.41. The predicted octanol–water partition coefficient (Wildman–Crippen LogP) is 2.32. The Balaban J connectivity index is 2.09. The van der Waals surface area contributed by atoms with E-state index in [0.29, 0.717) is 13.0 Å². The fraction of sp³-hybridized carbons (Fsp3) is 0.467. The number of esters is 1. The quantitative estimate of drug-likeness (QED) is 0.828. The number of amides is 1. The van der Waals surface area contributed by atoms with Gasteiger partial charge in [0.2, 0.25) is 5.91 Å². The van der Waals surface area contributed by atoms with Crippen LogP contribution in [0, 0.1) is 0 Å². The lowest BCUT2D eigenvalue weighted by Crippen LogP contribution is -2.28. The molecule has 5 heteroatoms. The molecule has 0 saturated heterocycles. The van der Waals surface area contributed by atoms with Gasteiger partial charge in [-0.15, -0.1) is 0 Å². The van der Waals surface area contributed by atoms with E-state index in [-0.39, 0.29) is 11.9 Å². The zero-order chi connectivity index (χ0) is 14.5. The van der Waals surface area contributed by atoms with E-state index in [1.807, 2.05) is 18.2 Å². The number of anilines is 2. The molecule has 1 aromatic carbocycles. The third-order valence-electron chi connectivity index (χ3n) is 3.25. The number of carbonyl (C=O) groups excluding carboxylic acids is 2. The van der Waals surface area contributed by atoms with Gasteiger partial charge in [0.05, 0.1) is 6.61 Å². The van der Waals surface area contributed by atoms with Crippen LogP contribution in [0.15, 0.2) is 18.2 Å². The van der Waals surface area contributed by atoms with Crippen molar-refractivity contribution in [3.05, 3.63) is 23.8 Å². The highest BCUT2D eigenvalue weighted by atomic mass is 16.5. The number of carbonyl (C=O) groups is 2. The van der Waals surface area contributed by atoms with Crippen molar-refractivity contribution in [3.63, 3.8) is 0 Å². The Morgan fingerprint density at radius 3 is 3.00 bits per heavy atom. The number of hydrogen-bond donors (Lipinski definition) is 2. The molecule has 0 spiro atoms. The highest BCUT2D eigenvalue weighted by Gasteiger charge is 2.16. The molecular formula is C15H20N2O3. The van der Waals surface area contributed by atoms with Crippen LogP contribution in [0.5, 0.6) is 0 Å². The van der Waals surface area contributed by atoms with Crippen molar-refractivity contribution in [2.24, 2.45) is 0 Å². The van der Waals surface area contributed by atoms with Crippen molar-refractivity contribution >= 4 is 23.3 Å². The van der Waals surface area contributed by atoms with Crippen LogP contribution in [-0.4, -0.2) is 24.5 Å². The summed E-state index contributed by atoms with van der Waals surface area (Å²) in [6.07, 6.45) is 2.25. The number of rotatable bonds is 4. The summed E-state index contributed by atoms with van der Waals surface area (Å²) >= 11 is 0. The van der Waals surface area contributed by atoms with E-state index in [1.165, 1.54) is 0 Å². The zero-order valence-corrected chi connectivity index (χ0v) is 11.9. The molecule has 2 rings (SSSR count). The molecule has 0 aromatic heterocycles. The Morgan fingerprint density at radius 2 is 2.25 bits per heavy atom. The van der Waals surface area contributed by atoms with Crippen molar-refractivity contribution < 1.29 is 14.3 Å². The molecule has 5 nitrogen and oxygen atoms in total. The van der Waals surface area contributed by atoms with Gasteiger partial charge in [-0.05, 0) is 50.5 Å². The van der Waals surface area contributed by atoms with Gasteiger partial charge in [0.25, 0.3) is 0 Å². The Morgan fingerprint density at radius 1 is 1.45 bits per heavy atom. The summed E-state index contributed by atoms with van der Waals surface area (Å²) in [6.45, 7) is 3.93. The second-order valence-electron chi connectivity index (χ2n) is 4.89. The van der Waals surface area contributed by atoms with E-state index in [0.717, 1.165) is 29.8 Å². The molecule has 0 aliphatic carbocycles. The zero-order valence-electron chi connectivity index (χ0n) is 11.9. The van der Waals surface area contributed by atoms with Gasteiger partial charge in [-0.2, -0.15) is 0 Å². The van der Waals surface area contributed by atoms with Crippen molar-refractivity contribution in [2.75, 3.05) is 17.2 Å². The Hall–Kier alpha value is -2.04. The molecule has 0 fully saturated rings. The normalized spacial score (nSPS) is 15.6. The maximum atomic E-state index is 11.6. The first-order chi connectivity index (χ1) is 9.60. The van der Waals surface area contributed by atoms with Crippen molar-refractivity contribution in [1.82, 2.24) is 0 Å². The van der Waals surface area contributed by atoms with Gasteiger partial charge in [0, 0.05) is 17.8 Å². The van der Waals surface area contributed by atoms with Gasteiger partial charge in [-0.3, -0.25) is 4.79 Å². The average molecular weight is 276 g/mol. The van der Waals surface area contributed by atoms with Crippen molar-refractivity contribution in [2.45, 2.75) is 39.2 Å². The lowest BCUT2D eigenvalue weighted by Gasteiger charge is -2.15. The molecule has 2 N–H and O–H groups in total. The molecule has 108 valence electrons. The number of aryl methyl sites for hydroxylation is 1. The standard InChI is InChI=1S/C15H20N2O3/c1-3-20-15(19)10(2)16-12-7-8-13-11(9-12)5-4-6-14(18)17-13/h7-10,16H,3-6H2,1-2H3,(H,17,18). The number of benzene rings is 1.